The highest BCUT2D eigenvalue weighted by Crippen LogP contribution is 2.42. The van der Waals surface area contributed by atoms with Crippen molar-refractivity contribution in [1.82, 2.24) is 0 Å². The second-order valence-corrected chi connectivity index (χ2v) is 5.13. The van der Waals surface area contributed by atoms with Crippen LogP contribution in [0.2, 0.25) is 0 Å². The lowest BCUT2D eigenvalue weighted by atomic mass is 9.86. The highest BCUT2D eigenvalue weighted by Gasteiger charge is 2.31. The van der Waals surface area contributed by atoms with Crippen molar-refractivity contribution in [2.24, 2.45) is 5.92 Å². The van der Waals surface area contributed by atoms with Crippen LogP contribution in [0.5, 0.6) is 0 Å². The van der Waals surface area contributed by atoms with Gasteiger partial charge in [0.1, 0.15) is 0 Å². The summed E-state index contributed by atoms with van der Waals surface area (Å²) in [4.78, 5) is 0. The van der Waals surface area contributed by atoms with Crippen LogP contribution in [0.4, 0.5) is 0 Å². The summed E-state index contributed by atoms with van der Waals surface area (Å²) in [6, 6.07) is 17.3. The predicted molar refractivity (Wildman–Crippen MR) is 74.2 cm³/mol. The highest BCUT2D eigenvalue weighted by molar-refractivity contribution is 5.63. The summed E-state index contributed by atoms with van der Waals surface area (Å²) in [6.07, 6.45) is 9.39. The average Bonchev–Trinajstić information content (AvgIpc) is 3.02. The van der Waals surface area contributed by atoms with E-state index in [0.717, 1.165) is 6.42 Å². The van der Waals surface area contributed by atoms with Crippen molar-refractivity contribution in [3.05, 3.63) is 83.3 Å². The summed E-state index contributed by atoms with van der Waals surface area (Å²) in [6.45, 7) is 0. The zero-order valence-corrected chi connectivity index (χ0v) is 10.1. The monoisotopic (exact) mass is 230 g/mol. The molecule has 0 aromatic heterocycles. The predicted octanol–water partition coefficient (Wildman–Crippen LogP) is 4.10. The molecule has 0 heteroatoms. The number of rotatable bonds is 1. The molecule has 0 fully saturated rings. The third-order valence-electron chi connectivity index (χ3n) is 4.07. The Bertz CT molecular complexity index is 596. The van der Waals surface area contributed by atoms with Gasteiger partial charge in [-0.3, -0.25) is 0 Å². The van der Waals surface area contributed by atoms with Crippen LogP contribution in [0.25, 0.3) is 6.08 Å². The minimum Gasteiger partial charge on any atom is -0.0761 e. The van der Waals surface area contributed by atoms with E-state index >= 15 is 0 Å². The van der Waals surface area contributed by atoms with E-state index in [4.69, 9.17) is 0 Å². The molecule has 2 unspecified atom stereocenters. The molecule has 2 aliphatic carbocycles. The lowest BCUT2D eigenvalue weighted by molar-refractivity contribution is 0.583. The second-order valence-electron chi connectivity index (χ2n) is 5.13. The number of hydrogen-bond donors (Lipinski definition) is 0. The molecule has 4 rings (SSSR count). The van der Waals surface area contributed by atoms with Gasteiger partial charge in [0.2, 0.25) is 0 Å². The van der Waals surface area contributed by atoms with Gasteiger partial charge in [0, 0.05) is 12.3 Å². The van der Waals surface area contributed by atoms with Crippen LogP contribution in [0.3, 0.4) is 0 Å². The number of benzene rings is 2. The first kappa shape index (κ1) is 10.1. The van der Waals surface area contributed by atoms with Crippen molar-refractivity contribution in [2.45, 2.75) is 12.3 Å². The van der Waals surface area contributed by atoms with Crippen LogP contribution in [-0.2, 0) is 6.42 Å². The van der Waals surface area contributed by atoms with Crippen LogP contribution in [0, 0.1) is 12.3 Å². The maximum atomic E-state index is 3.67. The Morgan fingerprint density at radius 1 is 0.944 bits per heavy atom. The largest absolute Gasteiger partial charge is 0.0761 e. The van der Waals surface area contributed by atoms with Crippen molar-refractivity contribution in [3.8, 4) is 0 Å². The van der Waals surface area contributed by atoms with E-state index in [1.807, 2.05) is 0 Å². The molecule has 2 radical (unpaired) electrons. The molecular formula is C18H14. The van der Waals surface area contributed by atoms with E-state index in [2.05, 4.69) is 67.1 Å². The Labute approximate surface area is 108 Å². The summed E-state index contributed by atoms with van der Waals surface area (Å²) < 4.78 is 0. The smallest absolute Gasteiger partial charge is 0.0214 e. The van der Waals surface area contributed by atoms with Gasteiger partial charge >= 0.3 is 0 Å². The lowest BCUT2D eigenvalue weighted by Gasteiger charge is -2.17. The third kappa shape index (κ3) is 1.45. The summed E-state index contributed by atoms with van der Waals surface area (Å²) in [5.74, 6) is 1.01. The molecule has 86 valence electrons. The van der Waals surface area contributed by atoms with Crippen molar-refractivity contribution in [3.63, 3.8) is 0 Å². The molecule has 0 saturated heterocycles. The van der Waals surface area contributed by atoms with E-state index in [0.29, 0.717) is 11.8 Å². The van der Waals surface area contributed by atoms with Gasteiger partial charge in [-0.2, -0.15) is 0 Å². The van der Waals surface area contributed by atoms with E-state index in [9.17, 15) is 0 Å². The van der Waals surface area contributed by atoms with E-state index < -0.39 is 0 Å². The SMILES string of the molecule is [C]1c2ccccc2CC1C1C=Cc2ccccc21. The zero-order chi connectivity index (χ0) is 11.9. The van der Waals surface area contributed by atoms with Gasteiger partial charge in [-0.05, 0) is 34.6 Å². The maximum absolute atomic E-state index is 3.67. The van der Waals surface area contributed by atoms with E-state index in [-0.39, 0.29) is 0 Å². The average molecular weight is 230 g/mol. The Kier molecular flexibility index (Phi) is 2.16. The highest BCUT2D eigenvalue weighted by atomic mass is 14.3. The summed E-state index contributed by atoms with van der Waals surface area (Å²) in [5, 5.41) is 0. The van der Waals surface area contributed by atoms with Crippen LogP contribution in [-0.4, -0.2) is 0 Å². The molecule has 0 bridgehead atoms. The zero-order valence-electron chi connectivity index (χ0n) is 10.1. The minimum atomic E-state index is 0.502. The first-order chi connectivity index (χ1) is 8.92. The molecule has 0 nitrogen and oxygen atoms in total. The number of allylic oxidation sites excluding steroid dienone is 1. The molecule has 0 N–H and O–H groups in total. The fourth-order valence-electron chi connectivity index (χ4n) is 3.17. The Hall–Kier alpha value is -1.82. The minimum absolute atomic E-state index is 0.502. The molecule has 2 aromatic rings. The van der Waals surface area contributed by atoms with Gasteiger partial charge < -0.3 is 0 Å². The van der Waals surface area contributed by atoms with Crippen LogP contribution >= 0.6 is 0 Å². The fourth-order valence-corrected chi connectivity index (χ4v) is 3.17. The molecule has 18 heavy (non-hydrogen) atoms. The van der Waals surface area contributed by atoms with Gasteiger partial charge in [0.05, 0.1) is 0 Å². The molecule has 0 heterocycles. The van der Waals surface area contributed by atoms with Crippen LogP contribution in [0.1, 0.15) is 28.2 Å². The normalized spacial score (nSPS) is 21.0. The number of hydrogen-bond acceptors (Lipinski definition) is 0. The standard InChI is InChI=1S/C18H14/c1-2-7-15-12-16(11-14(15)6-1)18-10-9-13-5-3-4-8-17(13)18/h1-10,16,18H,11H2. The summed E-state index contributed by atoms with van der Waals surface area (Å²) >= 11 is 0. The Morgan fingerprint density at radius 2 is 1.78 bits per heavy atom. The first-order valence-electron chi connectivity index (χ1n) is 6.53. The molecule has 0 aliphatic heterocycles. The van der Waals surface area contributed by atoms with Crippen molar-refractivity contribution in [2.75, 3.05) is 0 Å². The van der Waals surface area contributed by atoms with Crippen molar-refractivity contribution >= 4 is 6.08 Å². The van der Waals surface area contributed by atoms with Gasteiger partial charge in [0.25, 0.3) is 0 Å². The molecule has 2 aromatic carbocycles. The van der Waals surface area contributed by atoms with E-state index in [1.165, 1.54) is 22.3 Å². The quantitative estimate of drug-likeness (QED) is 0.692. The lowest BCUT2D eigenvalue weighted by Crippen LogP contribution is -2.08. The van der Waals surface area contributed by atoms with E-state index in [1.54, 1.807) is 0 Å². The molecular weight excluding hydrogens is 216 g/mol. The number of fused-ring (bicyclic) bond motifs is 2. The van der Waals surface area contributed by atoms with Crippen molar-refractivity contribution in [1.29, 1.82) is 0 Å². The van der Waals surface area contributed by atoms with Crippen LogP contribution in [0.15, 0.2) is 54.6 Å². The fraction of sp³-hybridized carbons (Fsp3) is 0.167. The van der Waals surface area contributed by atoms with Gasteiger partial charge in [-0.15, -0.1) is 0 Å². The first-order valence-corrected chi connectivity index (χ1v) is 6.53. The third-order valence-corrected chi connectivity index (χ3v) is 4.07. The van der Waals surface area contributed by atoms with Gasteiger partial charge in [0.15, 0.2) is 0 Å². The summed E-state index contributed by atoms with van der Waals surface area (Å²) in [7, 11) is 0. The molecule has 2 atom stereocenters. The molecule has 0 spiro atoms. The van der Waals surface area contributed by atoms with Crippen LogP contribution < -0.4 is 0 Å². The second kappa shape index (κ2) is 3.84. The maximum Gasteiger partial charge on any atom is 0.0214 e. The molecule has 0 amide bonds. The van der Waals surface area contributed by atoms with Gasteiger partial charge in [-0.25, -0.2) is 0 Å². The summed E-state index contributed by atoms with van der Waals surface area (Å²) in [5.41, 5.74) is 5.59. The molecule has 0 saturated carbocycles. The Balaban J connectivity index is 1.67. The molecule has 2 aliphatic rings. The topological polar surface area (TPSA) is 0 Å². The van der Waals surface area contributed by atoms with Gasteiger partial charge in [-0.1, -0.05) is 60.7 Å². The Morgan fingerprint density at radius 3 is 2.72 bits per heavy atom. The van der Waals surface area contributed by atoms with Crippen molar-refractivity contribution < 1.29 is 0 Å².